The van der Waals surface area contributed by atoms with Crippen molar-refractivity contribution in [1.82, 2.24) is 9.88 Å². The number of amides is 1. The third-order valence-electron chi connectivity index (χ3n) is 3.40. The largest absolute Gasteiger partial charge is 0.493 e. The summed E-state index contributed by atoms with van der Waals surface area (Å²) in [5.41, 5.74) is 1.95. The summed E-state index contributed by atoms with van der Waals surface area (Å²) >= 11 is 0. The summed E-state index contributed by atoms with van der Waals surface area (Å²) in [7, 11) is 4.97. The van der Waals surface area contributed by atoms with Gasteiger partial charge in [0.15, 0.2) is 11.5 Å². The van der Waals surface area contributed by atoms with Crippen molar-refractivity contribution in [3.8, 4) is 11.5 Å². The standard InChI is InChI=1S/C17H20N2O3/c1-19(12-13-6-8-18-9-7-13)17(20)11-14-4-5-15(21-2)16(10-14)22-3/h4-10H,11-12H2,1-3H3. The van der Waals surface area contributed by atoms with Gasteiger partial charge in [0.25, 0.3) is 0 Å². The van der Waals surface area contributed by atoms with Gasteiger partial charge in [0.2, 0.25) is 5.91 Å². The van der Waals surface area contributed by atoms with Gasteiger partial charge in [-0.25, -0.2) is 0 Å². The van der Waals surface area contributed by atoms with Crippen molar-refractivity contribution in [2.24, 2.45) is 0 Å². The Morgan fingerprint density at radius 2 is 1.73 bits per heavy atom. The Kier molecular flexibility index (Phi) is 5.36. The molecule has 1 aromatic carbocycles. The second-order valence-electron chi connectivity index (χ2n) is 4.97. The lowest BCUT2D eigenvalue weighted by molar-refractivity contribution is -0.129. The van der Waals surface area contributed by atoms with E-state index < -0.39 is 0 Å². The lowest BCUT2D eigenvalue weighted by Gasteiger charge is -2.17. The Bertz CT molecular complexity index is 629. The molecule has 116 valence electrons. The number of ether oxygens (including phenoxy) is 2. The summed E-state index contributed by atoms with van der Waals surface area (Å²) in [5.74, 6) is 1.33. The lowest BCUT2D eigenvalue weighted by atomic mass is 10.1. The smallest absolute Gasteiger partial charge is 0.227 e. The number of carbonyl (C=O) groups is 1. The minimum absolute atomic E-state index is 0.0454. The Morgan fingerprint density at radius 3 is 2.36 bits per heavy atom. The monoisotopic (exact) mass is 300 g/mol. The number of nitrogens with zero attached hydrogens (tertiary/aromatic N) is 2. The number of likely N-dealkylation sites (N-methyl/N-ethyl adjacent to an activating group) is 1. The fourth-order valence-electron chi connectivity index (χ4n) is 2.15. The van der Waals surface area contributed by atoms with Crippen LogP contribution in [-0.4, -0.2) is 37.1 Å². The first kappa shape index (κ1) is 15.8. The number of methoxy groups -OCH3 is 2. The van der Waals surface area contributed by atoms with Crippen LogP contribution in [-0.2, 0) is 17.8 Å². The Balaban J connectivity index is 2.02. The maximum atomic E-state index is 12.3. The molecule has 1 amide bonds. The van der Waals surface area contributed by atoms with Gasteiger partial charge >= 0.3 is 0 Å². The number of hydrogen-bond acceptors (Lipinski definition) is 4. The molecule has 2 aromatic rings. The summed E-state index contributed by atoms with van der Waals surface area (Å²) in [4.78, 5) is 18.0. The summed E-state index contributed by atoms with van der Waals surface area (Å²) in [6.45, 7) is 0.564. The molecule has 0 fully saturated rings. The quantitative estimate of drug-likeness (QED) is 0.821. The molecular weight excluding hydrogens is 280 g/mol. The van der Waals surface area contributed by atoms with Crippen LogP contribution in [0, 0.1) is 0 Å². The van der Waals surface area contributed by atoms with Gasteiger partial charge in [0.05, 0.1) is 20.6 Å². The number of aromatic nitrogens is 1. The third-order valence-corrected chi connectivity index (χ3v) is 3.40. The molecule has 0 saturated carbocycles. The van der Waals surface area contributed by atoms with Crippen molar-refractivity contribution in [2.75, 3.05) is 21.3 Å². The Hall–Kier alpha value is -2.56. The minimum Gasteiger partial charge on any atom is -0.493 e. The van der Waals surface area contributed by atoms with E-state index in [0.29, 0.717) is 24.5 Å². The maximum absolute atomic E-state index is 12.3. The Labute approximate surface area is 130 Å². The van der Waals surface area contributed by atoms with E-state index in [-0.39, 0.29) is 5.91 Å². The molecule has 0 aliphatic carbocycles. The van der Waals surface area contributed by atoms with Crippen molar-refractivity contribution in [1.29, 1.82) is 0 Å². The highest BCUT2D eigenvalue weighted by Gasteiger charge is 2.12. The highest BCUT2D eigenvalue weighted by atomic mass is 16.5. The molecule has 0 aliphatic heterocycles. The van der Waals surface area contributed by atoms with Gasteiger partial charge < -0.3 is 14.4 Å². The van der Waals surface area contributed by atoms with E-state index in [2.05, 4.69) is 4.98 Å². The molecule has 0 radical (unpaired) electrons. The van der Waals surface area contributed by atoms with Crippen LogP contribution in [0.25, 0.3) is 0 Å². The Morgan fingerprint density at radius 1 is 1.05 bits per heavy atom. The fourth-order valence-corrected chi connectivity index (χ4v) is 2.15. The second kappa shape index (κ2) is 7.45. The van der Waals surface area contributed by atoms with E-state index in [1.165, 1.54) is 0 Å². The van der Waals surface area contributed by atoms with Crippen LogP contribution in [0.15, 0.2) is 42.7 Å². The molecule has 5 nitrogen and oxygen atoms in total. The molecule has 0 bridgehead atoms. The first-order valence-electron chi connectivity index (χ1n) is 6.98. The number of benzene rings is 1. The van der Waals surface area contributed by atoms with E-state index in [0.717, 1.165) is 11.1 Å². The summed E-state index contributed by atoms with van der Waals surface area (Å²) in [6.07, 6.45) is 3.77. The molecule has 0 spiro atoms. The molecular formula is C17H20N2O3. The number of hydrogen-bond donors (Lipinski definition) is 0. The number of rotatable bonds is 6. The fraction of sp³-hybridized carbons (Fsp3) is 0.294. The average molecular weight is 300 g/mol. The second-order valence-corrected chi connectivity index (χ2v) is 4.97. The van der Waals surface area contributed by atoms with Crippen LogP contribution in [0.5, 0.6) is 11.5 Å². The van der Waals surface area contributed by atoms with Crippen molar-refractivity contribution in [3.05, 3.63) is 53.9 Å². The third kappa shape index (κ3) is 3.97. The van der Waals surface area contributed by atoms with Crippen molar-refractivity contribution in [3.63, 3.8) is 0 Å². The number of carbonyl (C=O) groups excluding carboxylic acids is 1. The summed E-state index contributed by atoms with van der Waals surface area (Å²) in [6, 6.07) is 9.32. The van der Waals surface area contributed by atoms with Crippen molar-refractivity contribution >= 4 is 5.91 Å². The zero-order chi connectivity index (χ0) is 15.9. The SMILES string of the molecule is COc1ccc(CC(=O)N(C)Cc2ccncc2)cc1OC. The van der Waals surface area contributed by atoms with Crippen molar-refractivity contribution < 1.29 is 14.3 Å². The van der Waals surface area contributed by atoms with Crippen molar-refractivity contribution in [2.45, 2.75) is 13.0 Å². The zero-order valence-corrected chi connectivity index (χ0v) is 13.1. The summed E-state index contributed by atoms with van der Waals surface area (Å²) < 4.78 is 10.5. The summed E-state index contributed by atoms with van der Waals surface area (Å²) in [5, 5.41) is 0. The number of pyridine rings is 1. The molecule has 1 heterocycles. The first-order valence-corrected chi connectivity index (χ1v) is 6.98. The van der Waals surface area contributed by atoms with Gasteiger partial charge in [-0.05, 0) is 35.4 Å². The van der Waals surface area contributed by atoms with Gasteiger partial charge in [0.1, 0.15) is 0 Å². The molecule has 2 rings (SSSR count). The van der Waals surface area contributed by atoms with E-state index in [1.807, 2.05) is 30.3 Å². The minimum atomic E-state index is 0.0454. The highest BCUT2D eigenvalue weighted by molar-refractivity contribution is 5.78. The van der Waals surface area contributed by atoms with E-state index >= 15 is 0 Å². The predicted molar refractivity (Wildman–Crippen MR) is 84.0 cm³/mol. The molecule has 0 saturated heterocycles. The molecule has 0 atom stereocenters. The van der Waals surface area contributed by atoms with Crippen LogP contribution in [0.4, 0.5) is 0 Å². The zero-order valence-electron chi connectivity index (χ0n) is 13.1. The highest BCUT2D eigenvalue weighted by Crippen LogP contribution is 2.27. The van der Waals surface area contributed by atoms with Crippen LogP contribution < -0.4 is 9.47 Å². The van der Waals surface area contributed by atoms with Gasteiger partial charge in [-0.3, -0.25) is 9.78 Å². The van der Waals surface area contributed by atoms with Gasteiger partial charge in [0, 0.05) is 26.0 Å². The molecule has 0 unspecified atom stereocenters. The van der Waals surface area contributed by atoms with Crippen LogP contribution >= 0.6 is 0 Å². The maximum Gasteiger partial charge on any atom is 0.227 e. The van der Waals surface area contributed by atoms with E-state index in [4.69, 9.17) is 9.47 Å². The van der Waals surface area contributed by atoms with Gasteiger partial charge in [-0.1, -0.05) is 6.07 Å². The first-order chi connectivity index (χ1) is 10.6. The van der Waals surface area contributed by atoms with E-state index in [9.17, 15) is 4.79 Å². The van der Waals surface area contributed by atoms with Crippen LogP contribution in [0.1, 0.15) is 11.1 Å². The molecule has 0 aliphatic rings. The predicted octanol–water partition coefficient (Wildman–Crippen LogP) is 2.30. The topological polar surface area (TPSA) is 51.7 Å². The molecule has 1 aromatic heterocycles. The van der Waals surface area contributed by atoms with Crippen LogP contribution in [0.2, 0.25) is 0 Å². The van der Waals surface area contributed by atoms with Gasteiger partial charge in [-0.15, -0.1) is 0 Å². The van der Waals surface area contributed by atoms with Crippen LogP contribution in [0.3, 0.4) is 0 Å². The molecule has 5 heteroatoms. The van der Waals surface area contributed by atoms with E-state index in [1.54, 1.807) is 38.6 Å². The lowest BCUT2D eigenvalue weighted by Crippen LogP contribution is -2.27. The van der Waals surface area contributed by atoms with Gasteiger partial charge in [-0.2, -0.15) is 0 Å². The molecule has 0 N–H and O–H groups in total. The normalized spacial score (nSPS) is 10.1. The average Bonchev–Trinajstić information content (AvgIpc) is 2.55. The molecule has 22 heavy (non-hydrogen) atoms.